The Morgan fingerprint density at radius 2 is 2.30 bits per heavy atom. The highest BCUT2D eigenvalue weighted by atomic mass is 35.5. The Balaban J connectivity index is 1.97. The van der Waals surface area contributed by atoms with Crippen molar-refractivity contribution in [2.75, 3.05) is 18.1 Å². The third-order valence-electron chi connectivity index (χ3n) is 4.04. The van der Waals surface area contributed by atoms with E-state index in [2.05, 4.69) is 0 Å². The topological polar surface area (TPSA) is 42.4 Å². The summed E-state index contributed by atoms with van der Waals surface area (Å²) >= 11 is 7.66. The molecule has 2 aromatic rings. The molecule has 0 saturated carbocycles. The second-order valence-electron chi connectivity index (χ2n) is 6.30. The largest absolute Gasteiger partial charge is 0.376 e. The zero-order valence-electron chi connectivity index (χ0n) is 13.6. The molecule has 1 aliphatic heterocycles. The van der Waals surface area contributed by atoms with Gasteiger partial charge in [-0.1, -0.05) is 36.8 Å². The number of ether oxygens (including phenoxy) is 1. The van der Waals surface area contributed by atoms with Crippen LogP contribution in [0.4, 0.5) is 5.13 Å². The average molecular weight is 353 g/mol. The van der Waals surface area contributed by atoms with Gasteiger partial charge in [-0.15, -0.1) is 0 Å². The zero-order chi connectivity index (χ0) is 16.6. The van der Waals surface area contributed by atoms with Crippen LogP contribution in [0.5, 0.6) is 0 Å². The van der Waals surface area contributed by atoms with Gasteiger partial charge in [0.05, 0.1) is 22.9 Å². The first-order chi connectivity index (χ1) is 11.0. The average Bonchev–Trinajstić information content (AvgIpc) is 3.12. The molecule has 4 nitrogen and oxygen atoms in total. The second kappa shape index (κ2) is 6.75. The van der Waals surface area contributed by atoms with Crippen LogP contribution < -0.4 is 4.90 Å². The summed E-state index contributed by atoms with van der Waals surface area (Å²) in [4.78, 5) is 19.2. The summed E-state index contributed by atoms with van der Waals surface area (Å²) in [6.07, 6.45) is 2.16. The van der Waals surface area contributed by atoms with Crippen molar-refractivity contribution in [3.05, 3.63) is 22.7 Å². The van der Waals surface area contributed by atoms with Crippen LogP contribution in [0.1, 0.15) is 32.3 Å². The number of halogens is 1. The fraction of sp³-hybridized carbons (Fsp3) is 0.529. The number of carbonyl (C=O) groups is 1. The molecule has 1 saturated heterocycles. The van der Waals surface area contributed by atoms with Crippen LogP contribution in [-0.2, 0) is 9.53 Å². The summed E-state index contributed by atoms with van der Waals surface area (Å²) in [5.41, 5.74) is 1.95. The molecule has 0 radical (unpaired) electrons. The van der Waals surface area contributed by atoms with Gasteiger partial charge in [0.2, 0.25) is 5.91 Å². The summed E-state index contributed by atoms with van der Waals surface area (Å²) in [5.74, 6) is 0.0106. The highest BCUT2D eigenvalue weighted by Gasteiger charge is 2.27. The third kappa shape index (κ3) is 3.52. The minimum absolute atomic E-state index is 0.0758. The van der Waals surface area contributed by atoms with Crippen molar-refractivity contribution >= 4 is 44.2 Å². The van der Waals surface area contributed by atoms with E-state index in [1.165, 1.54) is 11.3 Å². The van der Waals surface area contributed by atoms with Gasteiger partial charge < -0.3 is 4.74 Å². The van der Waals surface area contributed by atoms with Crippen LogP contribution in [0.2, 0.25) is 5.02 Å². The molecule has 1 aliphatic rings. The first kappa shape index (κ1) is 16.7. The van der Waals surface area contributed by atoms with Gasteiger partial charge in [-0.25, -0.2) is 4.98 Å². The number of hydrogen-bond acceptors (Lipinski definition) is 4. The predicted octanol–water partition coefficient (Wildman–Crippen LogP) is 4.43. The molecule has 2 heterocycles. The van der Waals surface area contributed by atoms with E-state index in [1.54, 1.807) is 4.90 Å². The summed E-state index contributed by atoms with van der Waals surface area (Å²) in [6, 6.07) is 3.82. The third-order valence-corrected chi connectivity index (χ3v) is 5.28. The normalized spacial score (nSPS) is 18.0. The van der Waals surface area contributed by atoms with Crippen LogP contribution in [0.25, 0.3) is 10.2 Å². The number of anilines is 1. The Labute approximate surface area is 145 Å². The van der Waals surface area contributed by atoms with E-state index in [1.807, 2.05) is 32.9 Å². The SMILES string of the molecule is Cc1cc(Cl)cc2sc(N(CC3CCCO3)C(=O)C(C)C)nc12. The fourth-order valence-corrected chi connectivity index (χ4v) is 4.26. The van der Waals surface area contributed by atoms with E-state index in [0.717, 1.165) is 40.4 Å². The molecule has 6 heteroatoms. The standard InChI is InChI=1S/C17H21ClN2O2S/c1-10(2)16(21)20(9-13-5-4-6-22-13)17-19-15-11(3)7-12(18)8-14(15)23-17/h7-8,10,13H,4-6,9H2,1-3H3. The second-order valence-corrected chi connectivity index (χ2v) is 7.75. The van der Waals surface area contributed by atoms with Gasteiger partial charge in [0.1, 0.15) is 0 Å². The van der Waals surface area contributed by atoms with Gasteiger partial charge in [0.15, 0.2) is 5.13 Å². The zero-order valence-corrected chi connectivity index (χ0v) is 15.2. The quantitative estimate of drug-likeness (QED) is 0.817. The molecule has 1 aromatic carbocycles. The molecule has 1 atom stereocenters. The van der Waals surface area contributed by atoms with Crippen molar-refractivity contribution in [2.45, 2.75) is 39.7 Å². The molecule has 0 aliphatic carbocycles. The van der Waals surface area contributed by atoms with Crippen molar-refractivity contribution in [3.8, 4) is 0 Å². The van der Waals surface area contributed by atoms with E-state index >= 15 is 0 Å². The summed E-state index contributed by atoms with van der Waals surface area (Å²) < 4.78 is 6.73. The highest BCUT2D eigenvalue weighted by molar-refractivity contribution is 7.22. The lowest BCUT2D eigenvalue weighted by molar-refractivity contribution is -0.121. The number of carbonyl (C=O) groups excluding carboxylic acids is 1. The minimum Gasteiger partial charge on any atom is -0.376 e. The van der Waals surface area contributed by atoms with Crippen LogP contribution in [0.3, 0.4) is 0 Å². The predicted molar refractivity (Wildman–Crippen MR) is 95.5 cm³/mol. The Morgan fingerprint density at radius 1 is 1.52 bits per heavy atom. The fourth-order valence-electron chi connectivity index (χ4n) is 2.82. The molecular formula is C17H21ClN2O2S. The van der Waals surface area contributed by atoms with Crippen LogP contribution in [0.15, 0.2) is 12.1 Å². The highest BCUT2D eigenvalue weighted by Crippen LogP contribution is 2.34. The number of benzene rings is 1. The number of aromatic nitrogens is 1. The lowest BCUT2D eigenvalue weighted by Crippen LogP contribution is -2.39. The van der Waals surface area contributed by atoms with E-state index in [9.17, 15) is 4.79 Å². The van der Waals surface area contributed by atoms with Gasteiger partial charge in [0, 0.05) is 17.5 Å². The van der Waals surface area contributed by atoms with Gasteiger partial charge in [-0.05, 0) is 37.5 Å². The molecule has 1 aromatic heterocycles. The molecule has 1 unspecified atom stereocenters. The van der Waals surface area contributed by atoms with Crippen LogP contribution >= 0.6 is 22.9 Å². The molecule has 124 valence electrons. The Hall–Kier alpha value is -1.17. The number of aryl methyl sites for hydroxylation is 1. The molecule has 0 spiro atoms. The number of rotatable bonds is 4. The summed E-state index contributed by atoms with van der Waals surface area (Å²) in [7, 11) is 0. The van der Waals surface area contributed by atoms with Gasteiger partial charge in [-0.2, -0.15) is 0 Å². The maximum Gasteiger partial charge on any atom is 0.231 e. The number of nitrogens with zero attached hydrogens (tertiary/aromatic N) is 2. The van der Waals surface area contributed by atoms with E-state index in [-0.39, 0.29) is 17.9 Å². The molecule has 23 heavy (non-hydrogen) atoms. The maximum atomic E-state index is 12.7. The van der Waals surface area contributed by atoms with E-state index in [4.69, 9.17) is 21.3 Å². The van der Waals surface area contributed by atoms with Gasteiger partial charge in [-0.3, -0.25) is 9.69 Å². The molecule has 1 amide bonds. The number of thiazole rings is 1. The summed E-state index contributed by atoms with van der Waals surface area (Å²) in [6.45, 7) is 7.18. The molecule has 0 N–H and O–H groups in total. The lowest BCUT2D eigenvalue weighted by Gasteiger charge is -2.24. The Bertz CT molecular complexity index is 723. The van der Waals surface area contributed by atoms with Crippen molar-refractivity contribution in [3.63, 3.8) is 0 Å². The van der Waals surface area contributed by atoms with Crippen molar-refractivity contribution in [2.24, 2.45) is 5.92 Å². The first-order valence-electron chi connectivity index (χ1n) is 7.95. The van der Waals surface area contributed by atoms with Crippen LogP contribution in [0, 0.1) is 12.8 Å². The van der Waals surface area contributed by atoms with E-state index in [0.29, 0.717) is 11.6 Å². The monoisotopic (exact) mass is 352 g/mol. The van der Waals surface area contributed by atoms with Gasteiger partial charge in [0.25, 0.3) is 0 Å². The smallest absolute Gasteiger partial charge is 0.231 e. The van der Waals surface area contributed by atoms with Crippen molar-refractivity contribution in [1.82, 2.24) is 4.98 Å². The van der Waals surface area contributed by atoms with Crippen molar-refractivity contribution < 1.29 is 9.53 Å². The summed E-state index contributed by atoms with van der Waals surface area (Å²) in [5, 5.41) is 1.44. The molecule has 0 bridgehead atoms. The molecule has 1 fully saturated rings. The molecular weight excluding hydrogens is 332 g/mol. The number of fused-ring (bicyclic) bond motifs is 1. The van der Waals surface area contributed by atoms with Crippen molar-refractivity contribution in [1.29, 1.82) is 0 Å². The minimum atomic E-state index is -0.0758. The Morgan fingerprint density at radius 3 is 2.96 bits per heavy atom. The first-order valence-corrected chi connectivity index (χ1v) is 9.15. The van der Waals surface area contributed by atoms with Gasteiger partial charge >= 0.3 is 0 Å². The Kier molecular flexibility index (Phi) is 4.90. The maximum absolute atomic E-state index is 12.7. The van der Waals surface area contributed by atoms with Crippen LogP contribution in [-0.4, -0.2) is 30.1 Å². The van der Waals surface area contributed by atoms with E-state index < -0.39 is 0 Å². The molecule has 3 rings (SSSR count). The number of amides is 1. The number of hydrogen-bond donors (Lipinski definition) is 0. The lowest BCUT2D eigenvalue weighted by atomic mass is 10.1.